The van der Waals surface area contributed by atoms with Crippen LogP contribution in [0.5, 0.6) is 0 Å². The molecular formula is C18H36N2O. The molecule has 3 nitrogen and oxygen atoms in total. The molecule has 0 spiro atoms. The molecule has 2 aliphatic rings. The molecule has 3 atom stereocenters. The predicted molar refractivity (Wildman–Crippen MR) is 89.7 cm³/mol. The van der Waals surface area contributed by atoms with Gasteiger partial charge < -0.3 is 15.0 Å². The van der Waals surface area contributed by atoms with E-state index < -0.39 is 0 Å². The van der Waals surface area contributed by atoms with Gasteiger partial charge in [-0.05, 0) is 59.5 Å². The van der Waals surface area contributed by atoms with Crippen molar-refractivity contribution in [2.75, 3.05) is 26.2 Å². The van der Waals surface area contributed by atoms with E-state index in [1.807, 2.05) is 0 Å². The molecule has 2 fully saturated rings. The maximum Gasteiger partial charge on any atom is 0.0790 e. The van der Waals surface area contributed by atoms with Gasteiger partial charge >= 0.3 is 0 Å². The Bertz CT molecular complexity index is 340. The molecule has 2 saturated heterocycles. The highest BCUT2D eigenvalue weighted by molar-refractivity contribution is 5.06. The van der Waals surface area contributed by atoms with Gasteiger partial charge in [0.15, 0.2) is 0 Å². The lowest BCUT2D eigenvalue weighted by atomic mass is 9.82. The standard InChI is InChI=1S/C18H36N2O/c1-7-10-19-16-15(17(3,4)21-18(16,5)6)13-20-11-9-14(8-2)12-20/h14-16,19H,7-13H2,1-6H3. The Morgan fingerprint density at radius 3 is 2.43 bits per heavy atom. The second kappa shape index (κ2) is 6.55. The molecule has 0 saturated carbocycles. The van der Waals surface area contributed by atoms with Crippen LogP contribution in [0.4, 0.5) is 0 Å². The lowest BCUT2D eigenvalue weighted by Gasteiger charge is -2.33. The Kier molecular flexibility index (Phi) is 5.38. The van der Waals surface area contributed by atoms with Gasteiger partial charge in [0.05, 0.1) is 11.2 Å². The first kappa shape index (κ1) is 17.2. The van der Waals surface area contributed by atoms with E-state index in [2.05, 4.69) is 51.8 Å². The minimum absolute atomic E-state index is 0.0425. The Labute approximate surface area is 131 Å². The average Bonchev–Trinajstić information content (AvgIpc) is 2.89. The van der Waals surface area contributed by atoms with Crippen molar-refractivity contribution >= 4 is 0 Å². The highest BCUT2D eigenvalue weighted by atomic mass is 16.5. The van der Waals surface area contributed by atoms with Gasteiger partial charge in [-0.15, -0.1) is 0 Å². The normalized spacial score (nSPS) is 35.4. The number of likely N-dealkylation sites (tertiary alicyclic amines) is 1. The topological polar surface area (TPSA) is 24.5 Å². The van der Waals surface area contributed by atoms with Crippen LogP contribution in [0.25, 0.3) is 0 Å². The van der Waals surface area contributed by atoms with E-state index in [1.165, 1.54) is 38.9 Å². The average molecular weight is 296 g/mol. The summed E-state index contributed by atoms with van der Waals surface area (Å²) in [6.45, 7) is 18.4. The van der Waals surface area contributed by atoms with Gasteiger partial charge in [-0.2, -0.15) is 0 Å². The van der Waals surface area contributed by atoms with Crippen LogP contribution in [0.2, 0.25) is 0 Å². The van der Waals surface area contributed by atoms with Gasteiger partial charge in [0.1, 0.15) is 0 Å². The molecule has 0 aromatic rings. The van der Waals surface area contributed by atoms with Crippen LogP contribution >= 0.6 is 0 Å². The number of nitrogens with zero attached hydrogens (tertiary/aromatic N) is 1. The number of hydrogen-bond donors (Lipinski definition) is 1. The molecule has 0 radical (unpaired) electrons. The van der Waals surface area contributed by atoms with Crippen molar-refractivity contribution in [1.29, 1.82) is 0 Å². The van der Waals surface area contributed by atoms with Crippen LogP contribution in [0.15, 0.2) is 0 Å². The molecule has 2 aliphatic heterocycles. The van der Waals surface area contributed by atoms with E-state index >= 15 is 0 Å². The van der Waals surface area contributed by atoms with E-state index in [-0.39, 0.29) is 11.2 Å². The quantitative estimate of drug-likeness (QED) is 0.814. The molecule has 21 heavy (non-hydrogen) atoms. The fraction of sp³-hybridized carbons (Fsp3) is 1.00. The minimum atomic E-state index is -0.0762. The molecular weight excluding hydrogens is 260 g/mol. The Balaban J connectivity index is 2.06. The Hall–Kier alpha value is -0.120. The first-order valence-corrected chi connectivity index (χ1v) is 8.96. The molecule has 0 amide bonds. The zero-order valence-corrected chi connectivity index (χ0v) is 15.0. The van der Waals surface area contributed by atoms with Crippen molar-refractivity contribution in [3.8, 4) is 0 Å². The molecule has 0 aliphatic carbocycles. The first-order chi connectivity index (χ1) is 9.80. The summed E-state index contributed by atoms with van der Waals surface area (Å²) in [7, 11) is 0. The second-order valence-electron chi connectivity index (χ2n) is 8.17. The van der Waals surface area contributed by atoms with E-state index in [4.69, 9.17) is 4.74 Å². The van der Waals surface area contributed by atoms with Gasteiger partial charge in [-0.25, -0.2) is 0 Å². The summed E-state index contributed by atoms with van der Waals surface area (Å²) in [6, 6.07) is 0.452. The summed E-state index contributed by atoms with van der Waals surface area (Å²) < 4.78 is 6.43. The van der Waals surface area contributed by atoms with E-state index in [0.717, 1.165) is 12.5 Å². The number of hydrogen-bond acceptors (Lipinski definition) is 3. The minimum Gasteiger partial charge on any atom is -0.368 e. The Morgan fingerprint density at radius 2 is 1.86 bits per heavy atom. The number of ether oxygens (including phenoxy) is 1. The molecule has 2 rings (SSSR count). The molecule has 1 N–H and O–H groups in total. The van der Waals surface area contributed by atoms with E-state index in [9.17, 15) is 0 Å². The second-order valence-corrected chi connectivity index (χ2v) is 8.17. The maximum absolute atomic E-state index is 6.43. The summed E-state index contributed by atoms with van der Waals surface area (Å²) >= 11 is 0. The third-order valence-electron chi connectivity index (χ3n) is 5.59. The lowest BCUT2D eigenvalue weighted by molar-refractivity contribution is -0.0793. The third kappa shape index (κ3) is 3.80. The van der Waals surface area contributed by atoms with Gasteiger partial charge in [-0.1, -0.05) is 20.3 Å². The third-order valence-corrected chi connectivity index (χ3v) is 5.59. The fourth-order valence-corrected chi connectivity index (χ4v) is 4.41. The summed E-state index contributed by atoms with van der Waals surface area (Å²) in [5.74, 6) is 1.47. The van der Waals surface area contributed by atoms with Crippen LogP contribution in [0.1, 0.15) is 60.8 Å². The summed E-state index contributed by atoms with van der Waals surface area (Å²) in [6.07, 6.45) is 3.88. The summed E-state index contributed by atoms with van der Waals surface area (Å²) in [5.41, 5.74) is -0.119. The molecule has 3 unspecified atom stereocenters. The smallest absolute Gasteiger partial charge is 0.0790 e. The summed E-state index contributed by atoms with van der Waals surface area (Å²) in [4.78, 5) is 2.67. The van der Waals surface area contributed by atoms with Crippen LogP contribution in [0, 0.1) is 11.8 Å². The fourth-order valence-electron chi connectivity index (χ4n) is 4.41. The molecule has 124 valence electrons. The molecule has 0 aromatic carbocycles. The van der Waals surface area contributed by atoms with Crippen molar-refractivity contribution in [1.82, 2.24) is 10.2 Å². The monoisotopic (exact) mass is 296 g/mol. The van der Waals surface area contributed by atoms with Gasteiger partial charge in [0.25, 0.3) is 0 Å². The highest BCUT2D eigenvalue weighted by Crippen LogP contribution is 2.43. The van der Waals surface area contributed by atoms with Crippen LogP contribution in [-0.2, 0) is 4.74 Å². The van der Waals surface area contributed by atoms with Crippen molar-refractivity contribution < 1.29 is 4.74 Å². The van der Waals surface area contributed by atoms with Crippen LogP contribution in [0.3, 0.4) is 0 Å². The predicted octanol–water partition coefficient (Wildman–Crippen LogP) is 3.29. The van der Waals surface area contributed by atoms with Gasteiger partial charge in [-0.3, -0.25) is 0 Å². The van der Waals surface area contributed by atoms with E-state index in [1.54, 1.807) is 0 Å². The number of rotatable bonds is 6. The zero-order chi connectivity index (χ0) is 15.7. The van der Waals surface area contributed by atoms with Gasteiger partial charge in [0, 0.05) is 25.0 Å². The molecule has 0 bridgehead atoms. The zero-order valence-electron chi connectivity index (χ0n) is 15.0. The SMILES string of the molecule is CCCNC1C(CN2CCC(CC)C2)C(C)(C)OC1(C)C. The van der Waals surface area contributed by atoms with Crippen molar-refractivity contribution in [3.63, 3.8) is 0 Å². The van der Waals surface area contributed by atoms with Crippen molar-refractivity contribution in [3.05, 3.63) is 0 Å². The largest absolute Gasteiger partial charge is 0.368 e. The van der Waals surface area contributed by atoms with E-state index in [0.29, 0.717) is 12.0 Å². The molecule has 2 heterocycles. The highest BCUT2D eigenvalue weighted by Gasteiger charge is 2.53. The van der Waals surface area contributed by atoms with Crippen LogP contribution in [-0.4, -0.2) is 48.3 Å². The lowest BCUT2D eigenvalue weighted by Crippen LogP contribution is -2.51. The van der Waals surface area contributed by atoms with Gasteiger partial charge in [0.2, 0.25) is 0 Å². The summed E-state index contributed by atoms with van der Waals surface area (Å²) in [5, 5.41) is 3.77. The van der Waals surface area contributed by atoms with Crippen molar-refractivity contribution in [2.24, 2.45) is 11.8 Å². The first-order valence-electron chi connectivity index (χ1n) is 8.96. The number of nitrogens with one attached hydrogen (secondary N) is 1. The van der Waals surface area contributed by atoms with Crippen LogP contribution < -0.4 is 5.32 Å². The molecule has 3 heteroatoms. The maximum atomic E-state index is 6.43. The van der Waals surface area contributed by atoms with Crippen molar-refractivity contribution in [2.45, 2.75) is 78.0 Å². The molecule has 0 aromatic heterocycles. The Morgan fingerprint density at radius 1 is 1.14 bits per heavy atom.